The monoisotopic (exact) mass is 348 g/mol. The molecule has 0 bridgehead atoms. The van der Waals surface area contributed by atoms with E-state index in [1.165, 1.54) is 0 Å². The normalized spacial score (nSPS) is 11.0. The maximum atomic E-state index is 12.3. The summed E-state index contributed by atoms with van der Waals surface area (Å²) >= 11 is 0. The van der Waals surface area contributed by atoms with Crippen LogP contribution < -0.4 is 10.2 Å². The van der Waals surface area contributed by atoms with E-state index in [0.717, 1.165) is 28.5 Å². The molecular formula is C21H20N2O3. The van der Waals surface area contributed by atoms with E-state index in [1.54, 1.807) is 18.3 Å². The number of hydrogen-bond acceptors (Lipinski definition) is 4. The minimum atomic E-state index is -0.465. The van der Waals surface area contributed by atoms with E-state index in [4.69, 9.17) is 4.74 Å². The van der Waals surface area contributed by atoms with Crippen LogP contribution in [0.3, 0.4) is 0 Å². The number of carbonyl (C=O) groups is 1. The summed E-state index contributed by atoms with van der Waals surface area (Å²) in [6.45, 7) is 2.73. The molecule has 5 nitrogen and oxygen atoms in total. The van der Waals surface area contributed by atoms with Crippen molar-refractivity contribution in [2.45, 2.75) is 13.3 Å². The van der Waals surface area contributed by atoms with Gasteiger partial charge < -0.3 is 9.84 Å². The fourth-order valence-electron chi connectivity index (χ4n) is 2.51. The van der Waals surface area contributed by atoms with E-state index < -0.39 is 5.91 Å². The zero-order valence-electron chi connectivity index (χ0n) is 14.5. The smallest absolute Gasteiger partial charge is 0.275 e. The van der Waals surface area contributed by atoms with E-state index in [-0.39, 0.29) is 11.3 Å². The van der Waals surface area contributed by atoms with Gasteiger partial charge in [-0.25, -0.2) is 5.43 Å². The van der Waals surface area contributed by atoms with Crippen molar-refractivity contribution < 1.29 is 14.6 Å². The molecule has 3 aromatic carbocycles. The fraction of sp³-hybridized carbons (Fsp3) is 0.143. The van der Waals surface area contributed by atoms with Gasteiger partial charge in [-0.05, 0) is 59.2 Å². The number of rotatable bonds is 6. The molecule has 132 valence electrons. The van der Waals surface area contributed by atoms with E-state index in [0.29, 0.717) is 6.61 Å². The minimum absolute atomic E-state index is 0.0752. The average Bonchev–Trinajstić information content (AvgIpc) is 2.66. The highest BCUT2D eigenvalue weighted by molar-refractivity contribution is 6.01. The SMILES string of the molecule is CCCOc1ccc(/C=N/NC(=O)c2cc3ccccc3cc2O)cc1. The van der Waals surface area contributed by atoms with Crippen LogP contribution in [0.4, 0.5) is 0 Å². The lowest BCUT2D eigenvalue weighted by molar-refractivity contribution is 0.0952. The molecule has 0 aliphatic rings. The zero-order valence-corrected chi connectivity index (χ0v) is 14.5. The summed E-state index contributed by atoms with van der Waals surface area (Å²) in [7, 11) is 0. The molecule has 26 heavy (non-hydrogen) atoms. The Bertz CT molecular complexity index is 934. The van der Waals surface area contributed by atoms with E-state index >= 15 is 0 Å². The summed E-state index contributed by atoms with van der Waals surface area (Å²) in [6, 6.07) is 18.2. The van der Waals surface area contributed by atoms with Gasteiger partial charge in [0.05, 0.1) is 18.4 Å². The summed E-state index contributed by atoms with van der Waals surface area (Å²) in [5.41, 5.74) is 3.46. The van der Waals surface area contributed by atoms with Crippen molar-refractivity contribution in [1.82, 2.24) is 5.43 Å². The molecule has 1 amide bonds. The Balaban J connectivity index is 1.66. The Morgan fingerprint density at radius 1 is 1.12 bits per heavy atom. The number of phenolic OH excluding ortho intramolecular Hbond substituents is 1. The third kappa shape index (κ3) is 4.19. The number of nitrogens with one attached hydrogen (secondary N) is 1. The van der Waals surface area contributed by atoms with Crippen LogP contribution in [-0.4, -0.2) is 23.8 Å². The topological polar surface area (TPSA) is 70.9 Å². The molecule has 3 rings (SSSR count). The number of benzene rings is 3. The number of nitrogens with zero attached hydrogens (tertiary/aromatic N) is 1. The number of carbonyl (C=O) groups excluding carboxylic acids is 1. The average molecular weight is 348 g/mol. The van der Waals surface area contributed by atoms with Gasteiger partial charge in [-0.1, -0.05) is 31.2 Å². The van der Waals surface area contributed by atoms with Gasteiger partial charge in [0.1, 0.15) is 11.5 Å². The molecule has 0 fully saturated rings. The van der Waals surface area contributed by atoms with Gasteiger partial charge in [-0.15, -0.1) is 0 Å². The highest BCUT2D eigenvalue weighted by Gasteiger charge is 2.11. The van der Waals surface area contributed by atoms with Crippen molar-refractivity contribution in [1.29, 1.82) is 0 Å². The molecule has 0 aromatic heterocycles. The second kappa shape index (κ2) is 8.16. The summed E-state index contributed by atoms with van der Waals surface area (Å²) < 4.78 is 5.52. The largest absolute Gasteiger partial charge is 0.507 e. The first-order valence-corrected chi connectivity index (χ1v) is 8.45. The lowest BCUT2D eigenvalue weighted by atomic mass is 10.1. The van der Waals surface area contributed by atoms with Crippen LogP contribution in [0.15, 0.2) is 65.8 Å². The van der Waals surface area contributed by atoms with Crippen LogP contribution in [0.5, 0.6) is 11.5 Å². The van der Waals surface area contributed by atoms with Gasteiger partial charge in [0.15, 0.2) is 0 Å². The molecule has 5 heteroatoms. The molecule has 0 radical (unpaired) electrons. The molecule has 0 saturated carbocycles. The Hall–Kier alpha value is -3.34. The molecule has 0 aliphatic carbocycles. The van der Waals surface area contributed by atoms with Crippen LogP contribution in [-0.2, 0) is 0 Å². The third-order valence-electron chi connectivity index (χ3n) is 3.84. The van der Waals surface area contributed by atoms with Crippen LogP contribution in [0, 0.1) is 0 Å². The van der Waals surface area contributed by atoms with E-state index in [1.807, 2.05) is 48.5 Å². The first-order chi connectivity index (χ1) is 12.7. The number of hydrazone groups is 1. The summed E-state index contributed by atoms with van der Waals surface area (Å²) in [5, 5.41) is 15.8. The van der Waals surface area contributed by atoms with Gasteiger partial charge in [0, 0.05) is 0 Å². The van der Waals surface area contributed by atoms with Crippen LogP contribution >= 0.6 is 0 Å². The molecule has 0 aliphatic heterocycles. The summed E-state index contributed by atoms with van der Waals surface area (Å²) in [4.78, 5) is 12.3. The van der Waals surface area contributed by atoms with Gasteiger partial charge in [0.25, 0.3) is 5.91 Å². The molecule has 0 atom stereocenters. The Kier molecular flexibility index (Phi) is 5.49. The molecule has 0 saturated heterocycles. The maximum Gasteiger partial charge on any atom is 0.275 e. The zero-order chi connectivity index (χ0) is 18.4. The van der Waals surface area contributed by atoms with Crippen molar-refractivity contribution in [3.63, 3.8) is 0 Å². The summed E-state index contributed by atoms with van der Waals surface area (Å²) in [6.07, 6.45) is 2.50. The Morgan fingerprint density at radius 2 is 1.81 bits per heavy atom. The molecule has 3 aromatic rings. The van der Waals surface area contributed by atoms with Crippen LogP contribution in [0.1, 0.15) is 29.3 Å². The molecular weight excluding hydrogens is 328 g/mol. The van der Waals surface area contributed by atoms with Gasteiger partial charge in [-0.2, -0.15) is 5.10 Å². The number of amides is 1. The summed E-state index contributed by atoms with van der Waals surface area (Å²) in [5.74, 6) is 0.260. The first kappa shape index (κ1) is 17.5. The van der Waals surface area contributed by atoms with Crippen molar-refractivity contribution in [3.05, 3.63) is 71.8 Å². The third-order valence-corrected chi connectivity index (χ3v) is 3.84. The van der Waals surface area contributed by atoms with Crippen molar-refractivity contribution >= 4 is 22.9 Å². The number of ether oxygens (including phenoxy) is 1. The van der Waals surface area contributed by atoms with Gasteiger partial charge >= 0.3 is 0 Å². The highest BCUT2D eigenvalue weighted by atomic mass is 16.5. The predicted octanol–water partition coefficient (Wildman–Crippen LogP) is 4.10. The quantitative estimate of drug-likeness (QED) is 0.520. The second-order valence-corrected chi connectivity index (χ2v) is 5.83. The number of fused-ring (bicyclic) bond motifs is 1. The highest BCUT2D eigenvalue weighted by Crippen LogP contribution is 2.24. The Morgan fingerprint density at radius 3 is 2.50 bits per heavy atom. The fourth-order valence-corrected chi connectivity index (χ4v) is 2.51. The molecule has 0 spiro atoms. The van der Waals surface area contributed by atoms with Gasteiger partial charge in [-0.3, -0.25) is 4.79 Å². The van der Waals surface area contributed by atoms with Crippen LogP contribution in [0.25, 0.3) is 10.8 Å². The lowest BCUT2D eigenvalue weighted by Gasteiger charge is -2.06. The number of phenols is 1. The molecule has 0 unspecified atom stereocenters. The number of aromatic hydroxyl groups is 1. The lowest BCUT2D eigenvalue weighted by Crippen LogP contribution is -2.17. The van der Waals surface area contributed by atoms with Crippen molar-refractivity contribution in [3.8, 4) is 11.5 Å². The van der Waals surface area contributed by atoms with Crippen molar-refractivity contribution in [2.24, 2.45) is 5.10 Å². The van der Waals surface area contributed by atoms with Crippen LogP contribution in [0.2, 0.25) is 0 Å². The molecule has 2 N–H and O–H groups in total. The predicted molar refractivity (Wildman–Crippen MR) is 103 cm³/mol. The standard InChI is InChI=1S/C21H20N2O3/c1-2-11-26-18-9-7-15(8-10-18)14-22-23-21(25)19-12-16-5-3-4-6-17(16)13-20(19)24/h3-10,12-14,24H,2,11H2,1H3,(H,23,25)/b22-14+. The number of hydrogen-bond donors (Lipinski definition) is 2. The van der Waals surface area contributed by atoms with Crippen molar-refractivity contribution in [2.75, 3.05) is 6.61 Å². The minimum Gasteiger partial charge on any atom is -0.507 e. The maximum absolute atomic E-state index is 12.3. The first-order valence-electron chi connectivity index (χ1n) is 8.45. The molecule has 0 heterocycles. The second-order valence-electron chi connectivity index (χ2n) is 5.83. The Labute approximate surface area is 151 Å². The van der Waals surface area contributed by atoms with E-state index in [2.05, 4.69) is 17.5 Å². The van der Waals surface area contributed by atoms with Gasteiger partial charge in [0.2, 0.25) is 0 Å². The van der Waals surface area contributed by atoms with E-state index in [9.17, 15) is 9.90 Å².